The Morgan fingerprint density at radius 2 is 1.95 bits per heavy atom. The maximum atomic E-state index is 5.72. The van der Waals surface area contributed by atoms with E-state index in [2.05, 4.69) is 27.1 Å². The van der Waals surface area contributed by atoms with Gasteiger partial charge in [0.05, 0.1) is 0 Å². The SMILES string of the molecule is Nc1nc(C#Cc2ccccc2)c2c(n1)NCCC2. The minimum atomic E-state index is 0.269. The summed E-state index contributed by atoms with van der Waals surface area (Å²) in [5, 5.41) is 3.24. The molecule has 3 N–H and O–H groups in total. The highest BCUT2D eigenvalue weighted by Gasteiger charge is 2.15. The van der Waals surface area contributed by atoms with Crippen LogP contribution in [0, 0.1) is 11.8 Å². The smallest absolute Gasteiger partial charge is 0.223 e. The van der Waals surface area contributed by atoms with Crippen molar-refractivity contribution in [1.82, 2.24) is 9.97 Å². The molecule has 0 atom stereocenters. The van der Waals surface area contributed by atoms with Crippen molar-refractivity contribution < 1.29 is 0 Å². The predicted molar refractivity (Wildman–Crippen MR) is 75.7 cm³/mol. The number of fused-ring (bicyclic) bond motifs is 1. The lowest BCUT2D eigenvalue weighted by atomic mass is 10.1. The number of aromatic nitrogens is 2. The van der Waals surface area contributed by atoms with Gasteiger partial charge in [0, 0.05) is 17.7 Å². The Morgan fingerprint density at radius 3 is 2.79 bits per heavy atom. The normalized spacial score (nSPS) is 12.8. The van der Waals surface area contributed by atoms with E-state index < -0.39 is 0 Å². The van der Waals surface area contributed by atoms with Crippen LogP contribution >= 0.6 is 0 Å². The Labute approximate surface area is 112 Å². The standard InChI is InChI=1S/C15H14N4/c16-15-18-13(9-8-11-5-2-1-3-6-11)12-7-4-10-17-14(12)19-15/h1-3,5-6H,4,7,10H2,(H3,16,17,18,19). The van der Waals surface area contributed by atoms with Gasteiger partial charge in [-0.2, -0.15) is 4.98 Å². The van der Waals surface area contributed by atoms with Crippen molar-refractivity contribution in [3.63, 3.8) is 0 Å². The summed E-state index contributed by atoms with van der Waals surface area (Å²) in [6.07, 6.45) is 2.02. The minimum Gasteiger partial charge on any atom is -0.370 e. The summed E-state index contributed by atoms with van der Waals surface area (Å²) in [5.74, 6) is 7.32. The van der Waals surface area contributed by atoms with E-state index in [-0.39, 0.29) is 5.95 Å². The van der Waals surface area contributed by atoms with E-state index in [1.807, 2.05) is 30.3 Å². The number of hydrogen-bond acceptors (Lipinski definition) is 4. The van der Waals surface area contributed by atoms with Crippen LogP contribution in [0.4, 0.5) is 11.8 Å². The quantitative estimate of drug-likeness (QED) is 0.700. The van der Waals surface area contributed by atoms with E-state index in [1.165, 1.54) is 0 Å². The third-order valence-corrected chi connectivity index (χ3v) is 3.02. The first-order chi connectivity index (χ1) is 9.33. The molecular formula is C15H14N4. The van der Waals surface area contributed by atoms with Crippen LogP contribution in [0.3, 0.4) is 0 Å². The topological polar surface area (TPSA) is 63.8 Å². The van der Waals surface area contributed by atoms with E-state index in [4.69, 9.17) is 5.73 Å². The molecule has 0 saturated heterocycles. The predicted octanol–water partition coefficient (Wildman–Crippen LogP) is 1.82. The molecule has 0 unspecified atom stereocenters. The summed E-state index contributed by atoms with van der Waals surface area (Å²) in [6.45, 7) is 0.926. The summed E-state index contributed by atoms with van der Waals surface area (Å²) in [5.41, 5.74) is 8.50. The van der Waals surface area contributed by atoms with Crippen molar-refractivity contribution in [2.45, 2.75) is 12.8 Å². The second-order valence-corrected chi connectivity index (χ2v) is 4.40. The molecule has 4 nitrogen and oxygen atoms in total. The molecule has 4 heteroatoms. The van der Waals surface area contributed by atoms with Gasteiger partial charge >= 0.3 is 0 Å². The molecule has 94 valence electrons. The van der Waals surface area contributed by atoms with Gasteiger partial charge < -0.3 is 11.1 Å². The summed E-state index contributed by atoms with van der Waals surface area (Å²) >= 11 is 0. The van der Waals surface area contributed by atoms with E-state index in [0.29, 0.717) is 0 Å². The van der Waals surface area contributed by atoms with E-state index in [1.54, 1.807) is 0 Å². The van der Waals surface area contributed by atoms with E-state index in [0.717, 1.165) is 42.0 Å². The zero-order valence-corrected chi connectivity index (χ0v) is 10.5. The molecule has 1 aromatic heterocycles. The van der Waals surface area contributed by atoms with Crippen molar-refractivity contribution in [2.75, 3.05) is 17.6 Å². The molecular weight excluding hydrogens is 236 g/mol. The van der Waals surface area contributed by atoms with Crippen LogP contribution in [0.25, 0.3) is 0 Å². The molecule has 3 rings (SSSR count). The maximum absolute atomic E-state index is 5.72. The Hall–Kier alpha value is -2.54. The molecule has 0 bridgehead atoms. The van der Waals surface area contributed by atoms with E-state index in [9.17, 15) is 0 Å². The van der Waals surface area contributed by atoms with Gasteiger partial charge in [-0.3, -0.25) is 0 Å². The van der Waals surface area contributed by atoms with Crippen LogP contribution in [-0.4, -0.2) is 16.5 Å². The van der Waals surface area contributed by atoms with Gasteiger partial charge in [0.25, 0.3) is 0 Å². The molecule has 1 aliphatic heterocycles. The molecule has 1 aliphatic rings. The number of nitrogen functional groups attached to an aromatic ring is 1. The van der Waals surface area contributed by atoms with Gasteiger partial charge in [-0.1, -0.05) is 24.1 Å². The van der Waals surface area contributed by atoms with Gasteiger partial charge in [-0.05, 0) is 30.9 Å². The molecule has 0 fully saturated rings. The van der Waals surface area contributed by atoms with Crippen LogP contribution in [0.5, 0.6) is 0 Å². The number of hydrogen-bond donors (Lipinski definition) is 2. The number of anilines is 2. The number of nitrogens with one attached hydrogen (secondary N) is 1. The largest absolute Gasteiger partial charge is 0.370 e. The van der Waals surface area contributed by atoms with Crippen LogP contribution in [0.2, 0.25) is 0 Å². The second kappa shape index (κ2) is 4.99. The maximum Gasteiger partial charge on any atom is 0.223 e. The van der Waals surface area contributed by atoms with E-state index >= 15 is 0 Å². The summed E-state index contributed by atoms with van der Waals surface area (Å²) in [7, 11) is 0. The summed E-state index contributed by atoms with van der Waals surface area (Å²) < 4.78 is 0. The monoisotopic (exact) mass is 250 g/mol. The lowest BCUT2D eigenvalue weighted by Crippen LogP contribution is -2.16. The molecule has 0 saturated carbocycles. The third-order valence-electron chi connectivity index (χ3n) is 3.02. The van der Waals surface area contributed by atoms with Crippen molar-refractivity contribution >= 4 is 11.8 Å². The first kappa shape index (κ1) is 11.5. The molecule has 1 aromatic carbocycles. The lowest BCUT2D eigenvalue weighted by molar-refractivity contribution is 0.807. The molecule has 0 spiro atoms. The van der Waals surface area contributed by atoms with Crippen LogP contribution in [0.1, 0.15) is 23.2 Å². The highest BCUT2D eigenvalue weighted by atomic mass is 15.1. The first-order valence-corrected chi connectivity index (χ1v) is 6.30. The van der Waals surface area contributed by atoms with Gasteiger partial charge in [-0.25, -0.2) is 4.98 Å². The number of rotatable bonds is 0. The molecule has 19 heavy (non-hydrogen) atoms. The fraction of sp³-hybridized carbons (Fsp3) is 0.200. The average Bonchev–Trinajstić information content (AvgIpc) is 2.45. The van der Waals surface area contributed by atoms with Crippen molar-refractivity contribution in [3.8, 4) is 11.8 Å². The van der Waals surface area contributed by atoms with Crippen molar-refractivity contribution in [1.29, 1.82) is 0 Å². The second-order valence-electron chi connectivity index (χ2n) is 4.40. The van der Waals surface area contributed by atoms with Gasteiger partial charge in [0.15, 0.2) is 0 Å². The number of nitrogens with two attached hydrogens (primary N) is 1. The van der Waals surface area contributed by atoms with Crippen molar-refractivity contribution in [2.24, 2.45) is 0 Å². The van der Waals surface area contributed by atoms with Gasteiger partial charge in [-0.15, -0.1) is 0 Å². The third kappa shape index (κ3) is 2.50. The number of benzene rings is 1. The Bertz CT molecular complexity index is 653. The summed E-state index contributed by atoms with van der Waals surface area (Å²) in [6, 6.07) is 9.86. The average molecular weight is 250 g/mol. The first-order valence-electron chi connectivity index (χ1n) is 6.30. The lowest BCUT2D eigenvalue weighted by Gasteiger charge is -2.17. The molecule has 2 heterocycles. The Kier molecular flexibility index (Phi) is 3.03. The fourth-order valence-electron chi connectivity index (χ4n) is 2.11. The Morgan fingerprint density at radius 1 is 1.11 bits per heavy atom. The highest BCUT2D eigenvalue weighted by Crippen LogP contribution is 2.22. The molecule has 0 aliphatic carbocycles. The number of nitrogens with zero attached hydrogens (tertiary/aromatic N) is 2. The van der Waals surface area contributed by atoms with Crippen LogP contribution in [-0.2, 0) is 6.42 Å². The fourth-order valence-corrected chi connectivity index (χ4v) is 2.11. The molecule has 0 radical (unpaired) electrons. The van der Waals surface area contributed by atoms with Crippen molar-refractivity contribution in [3.05, 3.63) is 47.2 Å². The molecule has 2 aromatic rings. The highest BCUT2D eigenvalue weighted by molar-refractivity contribution is 5.56. The zero-order chi connectivity index (χ0) is 13.1. The zero-order valence-electron chi connectivity index (χ0n) is 10.5. The van der Waals surface area contributed by atoms with Gasteiger partial charge in [0.2, 0.25) is 5.95 Å². The minimum absolute atomic E-state index is 0.269. The summed E-state index contributed by atoms with van der Waals surface area (Å²) in [4.78, 5) is 8.47. The van der Waals surface area contributed by atoms with Crippen LogP contribution in [0.15, 0.2) is 30.3 Å². The van der Waals surface area contributed by atoms with Crippen LogP contribution < -0.4 is 11.1 Å². The van der Waals surface area contributed by atoms with Gasteiger partial charge in [0.1, 0.15) is 11.5 Å². The molecule has 0 amide bonds. The Balaban J connectivity index is 2.02.